The molecule has 0 radical (unpaired) electrons. The second-order valence-electron chi connectivity index (χ2n) is 6.18. The highest BCUT2D eigenvalue weighted by atomic mass is 16.1. The van der Waals surface area contributed by atoms with Crippen LogP contribution in [0.3, 0.4) is 0 Å². The molecule has 0 aromatic carbocycles. The van der Waals surface area contributed by atoms with Gasteiger partial charge in [-0.2, -0.15) is 5.10 Å². The van der Waals surface area contributed by atoms with E-state index in [2.05, 4.69) is 30.9 Å². The van der Waals surface area contributed by atoms with Gasteiger partial charge in [-0.3, -0.25) is 4.79 Å². The minimum atomic E-state index is -0.0205. The number of H-pyrrole nitrogens is 1. The highest BCUT2D eigenvalue weighted by molar-refractivity contribution is 5.44. The first kappa shape index (κ1) is 12.9. The molecular formula is C14H21N3O. The summed E-state index contributed by atoms with van der Waals surface area (Å²) in [7, 11) is 0. The zero-order valence-corrected chi connectivity index (χ0v) is 12.0. The first-order valence-electron chi connectivity index (χ1n) is 6.35. The van der Waals surface area contributed by atoms with Crippen LogP contribution in [-0.2, 0) is 5.41 Å². The topological polar surface area (TPSA) is 50.2 Å². The number of hydrogen-bond acceptors (Lipinski definition) is 2. The smallest absolute Gasteiger partial charge is 0.254 e. The van der Waals surface area contributed by atoms with Crippen molar-refractivity contribution in [1.82, 2.24) is 14.6 Å². The molecule has 0 aliphatic heterocycles. The minimum Gasteiger partial charge on any atom is -0.307 e. The van der Waals surface area contributed by atoms with E-state index in [0.717, 1.165) is 22.6 Å². The third-order valence-electron chi connectivity index (χ3n) is 3.25. The highest BCUT2D eigenvalue weighted by Gasteiger charge is 2.20. The molecule has 0 unspecified atom stereocenters. The van der Waals surface area contributed by atoms with Crippen LogP contribution >= 0.6 is 0 Å². The van der Waals surface area contributed by atoms with Crippen molar-refractivity contribution >= 4 is 5.65 Å². The Morgan fingerprint density at radius 1 is 1.33 bits per heavy atom. The van der Waals surface area contributed by atoms with Crippen molar-refractivity contribution in [3.8, 4) is 0 Å². The number of rotatable bonds is 1. The maximum atomic E-state index is 12.1. The van der Waals surface area contributed by atoms with E-state index in [1.54, 1.807) is 0 Å². The summed E-state index contributed by atoms with van der Waals surface area (Å²) >= 11 is 0. The first-order valence-corrected chi connectivity index (χ1v) is 6.35. The minimum absolute atomic E-state index is 0.00430. The molecular weight excluding hydrogens is 226 g/mol. The monoisotopic (exact) mass is 247 g/mol. The molecule has 4 heteroatoms. The van der Waals surface area contributed by atoms with E-state index >= 15 is 0 Å². The quantitative estimate of drug-likeness (QED) is 0.842. The molecule has 0 fully saturated rings. The summed E-state index contributed by atoms with van der Waals surface area (Å²) < 4.78 is 1.84. The molecule has 0 saturated heterocycles. The van der Waals surface area contributed by atoms with Crippen LogP contribution in [0.4, 0.5) is 0 Å². The highest BCUT2D eigenvalue weighted by Crippen LogP contribution is 2.23. The molecule has 98 valence electrons. The van der Waals surface area contributed by atoms with Crippen LogP contribution in [0.1, 0.15) is 57.5 Å². The number of hydrogen-bond donors (Lipinski definition) is 1. The molecule has 2 aromatic rings. The van der Waals surface area contributed by atoms with Crippen molar-refractivity contribution in [2.45, 2.75) is 52.9 Å². The number of aromatic amines is 1. The van der Waals surface area contributed by atoms with Crippen LogP contribution < -0.4 is 5.56 Å². The van der Waals surface area contributed by atoms with Gasteiger partial charge in [0.05, 0.1) is 11.4 Å². The summed E-state index contributed by atoms with van der Waals surface area (Å²) in [6.45, 7) is 12.4. The molecule has 0 atom stereocenters. The van der Waals surface area contributed by atoms with Crippen molar-refractivity contribution in [3.05, 3.63) is 33.4 Å². The van der Waals surface area contributed by atoms with Gasteiger partial charge in [-0.25, -0.2) is 4.52 Å². The van der Waals surface area contributed by atoms with Crippen molar-refractivity contribution in [2.75, 3.05) is 0 Å². The average molecular weight is 247 g/mol. The molecule has 18 heavy (non-hydrogen) atoms. The summed E-state index contributed by atoms with van der Waals surface area (Å²) in [6, 6.07) is 1.96. The molecule has 2 heterocycles. The molecule has 2 rings (SSSR count). The number of fused-ring (bicyclic) bond motifs is 1. The first-order chi connectivity index (χ1) is 8.21. The van der Waals surface area contributed by atoms with E-state index in [-0.39, 0.29) is 16.9 Å². The summed E-state index contributed by atoms with van der Waals surface area (Å²) in [4.78, 5) is 15.0. The lowest BCUT2D eigenvalue weighted by Gasteiger charge is -2.13. The lowest BCUT2D eigenvalue weighted by molar-refractivity contribution is 0.561. The number of nitrogens with zero attached hydrogens (tertiary/aromatic N) is 2. The number of aromatic nitrogens is 3. The fraction of sp³-hybridized carbons (Fsp3) is 0.571. The van der Waals surface area contributed by atoms with E-state index in [0.29, 0.717) is 0 Å². The van der Waals surface area contributed by atoms with E-state index in [9.17, 15) is 4.79 Å². The van der Waals surface area contributed by atoms with Crippen molar-refractivity contribution in [2.24, 2.45) is 0 Å². The standard InChI is InChI=1S/C14H21N3O/c1-8(2)12-9(3)17-11(15-13(12)18)7-10(16-17)14(4,5)6/h7-8H,1-6H3,(H,15,18). The van der Waals surface area contributed by atoms with Gasteiger partial charge in [0.15, 0.2) is 0 Å². The van der Waals surface area contributed by atoms with E-state index < -0.39 is 0 Å². The van der Waals surface area contributed by atoms with Gasteiger partial charge in [0, 0.05) is 17.0 Å². The van der Waals surface area contributed by atoms with Gasteiger partial charge in [-0.05, 0) is 12.8 Å². The Morgan fingerprint density at radius 2 is 1.94 bits per heavy atom. The zero-order chi connectivity index (χ0) is 13.7. The summed E-state index contributed by atoms with van der Waals surface area (Å²) in [5.74, 6) is 0.195. The molecule has 0 amide bonds. The normalized spacial score (nSPS) is 12.6. The number of nitrogens with one attached hydrogen (secondary N) is 1. The summed E-state index contributed by atoms with van der Waals surface area (Å²) in [5, 5.41) is 4.61. The second-order valence-corrected chi connectivity index (χ2v) is 6.18. The SMILES string of the molecule is Cc1c(C(C)C)c(=O)[nH]c2cc(C(C)(C)C)nn12. The Labute approximate surface area is 107 Å². The molecule has 0 bridgehead atoms. The Balaban J connectivity index is 2.79. The lowest BCUT2D eigenvalue weighted by Crippen LogP contribution is -2.19. The maximum Gasteiger partial charge on any atom is 0.254 e. The predicted molar refractivity (Wildman–Crippen MR) is 73.3 cm³/mol. The van der Waals surface area contributed by atoms with Crippen LogP contribution in [0.15, 0.2) is 10.9 Å². The zero-order valence-electron chi connectivity index (χ0n) is 12.0. The largest absolute Gasteiger partial charge is 0.307 e. The van der Waals surface area contributed by atoms with E-state index in [1.807, 2.05) is 31.4 Å². The average Bonchev–Trinajstić information content (AvgIpc) is 2.60. The Morgan fingerprint density at radius 3 is 2.44 bits per heavy atom. The molecule has 2 aromatic heterocycles. The maximum absolute atomic E-state index is 12.1. The van der Waals surface area contributed by atoms with Crippen molar-refractivity contribution in [3.63, 3.8) is 0 Å². The third-order valence-corrected chi connectivity index (χ3v) is 3.25. The third kappa shape index (κ3) is 1.96. The van der Waals surface area contributed by atoms with Crippen molar-refractivity contribution in [1.29, 1.82) is 0 Å². The molecule has 0 aliphatic carbocycles. The van der Waals surface area contributed by atoms with Gasteiger partial charge < -0.3 is 4.98 Å². The molecule has 0 saturated carbocycles. The van der Waals surface area contributed by atoms with Gasteiger partial charge in [0.2, 0.25) is 0 Å². The predicted octanol–water partition coefficient (Wildman–Crippen LogP) is 2.75. The molecule has 1 N–H and O–H groups in total. The Hall–Kier alpha value is -1.58. The lowest BCUT2D eigenvalue weighted by atomic mass is 9.93. The van der Waals surface area contributed by atoms with Gasteiger partial charge in [0.1, 0.15) is 5.65 Å². The fourth-order valence-electron chi connectivity index (χ4n) is 2.23. The number of aryl methyl sites for hydroxylation is 1. The second kappa shape index (κ2) is 3.97. The van der Waals surface area contributed by atoms with Gasteiger partial charge in [0.25, 0.3) is 5.56 Å². The molecule has 0 spiro atoms. The summed E-state index contributed by atoms with van der Waals surface area (Å²) in [5.41, 5.74) is 3.47. The van der Waals surface area contributed by atoms with Crippen LogP contribution in [-0.4, -0.2) is 14.6 Å². The van der Waals surface area contributed by atoms with Gasteiger partial charge in [-0.15, -0.1) is 0 Å². The Bertz CT molecular complexity index is 641. The summed E-state index contributed by atoms with van der Waals surface area (Å²) in [6.07, 6.45) is 0. The van der Waals surface area contributed by atoms with Crippen LogP contribution in [0.25, 0.3) is 5.65 Å². The molecule has 4 nitrogen and oxygen atoms in total. The van der Waals surface area contributed by atoms with Crippen molar-refractivity contribution < 1.29 is 0 Å². The Kier molecular flexibility index (Phi) is 2.84. The van der Waals surface area contributed by atoms with Gasteiger partial charge >= 0.3 is 0 Å². The molecule has 0 aliphatic rings. The van der Waals surface area contributed by atoms with E-state index in [1.165, 1.54) is 0 Å². The van der Waals surface area contributed by atoms with Crippen LogP contribution in [0.2, 0.25) is 0 Å². The van der Waals surface area contributed by atoms with Crippen LogP contribution in [0.5, 0.6) is 0 Å². The van der Waals surface area contributed by atoms with Gasteiger partial charge in [-0.1, -0.05) is 34.6 Å². The van der Waals surface area contributed by atoms with Crippen LogP contribution in [0, 0.1) is 6.92 Å². The van der Waals surface area contributed by atoms with E-state index in [4.69, 9.17) is 0 Å². The fourth-order valence-corrected chi connectivity index (χ4v) is 2.23.